The van der Waals surface area contributed by atoms with Crippen LogP contribution in [0, 0.1) is 17.0 Å². The highest BCUT2D eigenvalue weighted by atomic mass is 32.1. The first-order valence-electron chi connectivity index (χ1n) is 10.2. The van der Waals surface area contributed by atoms with Gasteiger partial charge in [-0.3, -0.25) is 14.9 Å². The van der Waals surface area contributed by atoms with Crippen LogP contribution < -0.4 is 10.2 Å². The number of hydrogen-bond acceptors (Lipinski definition) is 6. The summed E-state index contributed by atoms with van der Waals surface area (Å²) in [6.07, 6.45) is 0. The van der Waals surface area contributed by atoms with Gasteiger partial charge >= 0.3 is 0 Å². The Labute approximate surface area is 195 Å². The predicted molar refractivity (Wildman–Crippen MR) is 133 cm³/mol. The summed E-state index contributed by atoms with van der Waals surface area (Å²) in [6, 6.07) is 21.9. The molecule has 0 bridgehead atoms. The van der Waals surface area contributed by atoms with Crippen LogP contribution in [-0.2, 0) is 0 Å². The van der Waals surface area contributed by atoms with Gasteiger partial charge < -0.3 is 10.2 Å². The second-order valence-corrected chi connectivity index (χ2v) is 8.88. The smallest absolute Gasteiger partial charge is 0.293 e. The van der Waals surface area contributed by atoms with Crippen LogP contribution in [0.5, 0.6) is 0 Å². The lowest BCUT2D eigenvalue weighted by atomic mass is 10.1. The van der Waals surface area contributed by atoms with Crippen molar-refractivity contribution in [2.45, 2.75) is 6.92 Å². The monoisotopic (exact) mass is 458 g/mol. The molecule has 7 nitrogen and oxygen atoms in total. The molecule has 0 atom stereocenters. The minimum absolute atomic E-state index is 0.115. The molecule has 4 aromatic rings. The Morgan fingerprint density at radius 1 is 1.00 bits per heavy atom. The maximum Gasteiger partial charge on any atom is 0.293 e. The third-order valence-corrected chi connectivity index (χ3v) is 6.17. The molecule has 1 N–H and O–H groups in total. The topological polar surface area (TPSA) is 88.4 Å². The van der Waals surface area contributed by atoms with Gasteiger partial charge in [0.2, 0.25) is 0 Å². The van der Waals surface area contributed by atoms with E-state index >= 15 is 0 Å². The number of thiazole rings is 1. The first-order chi connectivity index (χ1) is 15.8. The molecule has 0 aliphatic rings. The summed E-state index contributed by atoms with van der Waals surface area (Å²) in [6.45, 7) is 2.04. The molecule has 1 aromatic heterocycles. The molecule has 1 amide bonds. The molecule has 1 heterocycles. The van der Waals surface area contributed by atoms with Gasteiger partial charge in [0.05, 0.1) is 10.6 Å². The Morgan fingerprint density at radius 2 is 1.70 bits per heavy atom. The summed E-state index contributed by atoms with van der Waals surface area (Å²) in [7, 11) is 3.44. The Morgan fingerprint density at radius 3 is 2.33 bits per heavy atom. The van der Waals surface area contributed by atoms with E-state index in [2.05, 4.69) is 5.32 Å². The standard InChI is InChI=1S/C25H22N4O3S/c1-16-23(27-25(33-16)18-7-5-4-6-8-18)17-9-12-20(13-10-17)26-24(30)19-11-14-21(28(2)3)22(15-19)29(31)32/h4-15H,1-3H3,(H,26,30). The normalized spacial score (nSPS) is 10.6. The predicted octanol–water partition coefficient (Wildman–Crippen LogP) is 6.01. The number of aromatic nitrogens is 1. The SMILES string of the molecule is Cc1sc(-c2ccccc2)nc1-c1ccc(NC(=O)c2ccc(N(C)C)c([N+](=O)[O-])c2)cc1. The van der Waals surface area contributed by atoms with Crippen LogP contribution in [0.1, 0.15) is 15.2 Å². The van der Waals surface area contributed by atoms with Gasteiger partial charge in [0.1, 0.15) is 10.7 Å². The van der Waals surface area contributed by atoms with E-state index in [1.807, 2.05) is 49.4 Å². The van der Waals surface area contributed by atoms with Crippen molar-refractivity contribution in [3.8, 4) is 21.8 Å². The van der Waals surface area contributed by atoms with E-state index in [9.17, 15) is 14.9 Å². The second-order valence-electron chi connectivity index (χ2n) is 7.68. The number of hydrogen-bond donors (Lipinski definition) is 1. The van der Waals surface area contributed by atoms with Crippen LogP contribution in [0.2, 0.25) is 0 Å². The summed E-state index contributed by atoms with van der Waals surface area (Å²) >= 11 is 1.64. The number of nitro groups is 1. The third kappa shape index (κ3) is 4.75. The van der Waals surface area contributed by atoms with Crippen LogP contribution >= 0.6 is 11.3 Å². The van der Waals surface area contributed by atoms with Gasteiger partial charge in [0.25, 0.3) is 11.6 Å². The van der Waals surface area contributed by atoms with Gasteiger partial charge in [-0.25, -0.2) is 4.98 Å². The molecular weight excluding hydrogens is 436 g/mol. The average molecular weight is 459 g/mol. The Balaban J connectivity index is 1.53. The summed E-state index contributed by atoms with van der Waals surface area (Å²) in [4.78, 5) is 31.1. The maximum atomic E-state index is 12.7. The van der Waals surface area contributed by atoms with Crippen molar-refractivity contribution < 1.29 is 9.72 Å². The molecular formula is C25H22N4O3S. The number of rotatable bonds is 6. The largest absolute Gasteiger partial charge is 0.372 e. The van der Waals surface area contributed by atoms with E-state index in [-0.39, 0.29) is 11.3 Å². The summed E-state index contributed by atoms with van der Waals surface area (Å²) in [5, 5.41) is 15.2. The molecule has 0 fully saturated rings. The van der Waals surface area contributed by atoms with Crippen molar-refractivity contribution in [2.75, 3.05) is 24.3 Å². The van der Waals surface area contributed by atoms with Crippen molar-refractivity contribution in [2.24, 2.45) is 0 Å². The van der Waals surface area contributed by atoms with Crippen molar-refractivity contribution in [3.63, 3.8) is 0 Å². The quantitative estimate of drug-likeness (QED) is 0.282. The molecule has 0 saturated heterocycles. The third-order valence-electron chi connectivity index (χ3n) is 5.15. The Kier molecular flexibility index (Phi) is 6.19. The lowest BCUT2D eigenvalue weighted by Gasteiger charge is -2.13. The van der Waals surface area contributed by atoms with Gasteiger partial charge in [-0.15, -0.1) is 11.3 Å². The minimum atomic E-state index is -0.485. The zero-order chi connectivity index (χ0) is 23.5. The van der Waals surface area contributed by atoms with Crippen LogP contribution in [0.4, 0.5) is 17.1 Å². The van der Waals surface area contributed by atoms with Gasteiger partial charge in [-0.05, 0) is 31.2 Å². The van der Waals surface area contributed by atoms with Gasteiger partial charge in [0.15, 0.2) is 0 Å². The second kappa shape index (κ2) is 9.22. The molecule has 0 aliphatic heterocycles. The number of benzene rings is 3. The van der Waals surface area contributed by atoms with Crippen LogP contribution in [0.15, 0.2) is 72.8 Å². The van der Waals surface area contributed by atoms with Crippen LogP contribution in [0.3, 0.4) is 0 Å². The molecule has 0 saturated carbocycles. The van der Waals surface area contributed by atoms with E-state index < -0.39 is 10.8 Å². The molecule has 8 heteroatoms. The first kappa shape index (κ1) is 22.2. The van der Waals surface area contributed by atoms with Crippen molar-refractivity contribution in [1.82, 2.24) is 4.98 Å². The first-order valence-corrected chi connectivity index (χ1v) is 11.1. The Hall–Kier alpha value is -4.04. The zero-order valence-electron chi connectivity index (χ0n) is 18.4. The van der Waals surface area contributed by atoms with E-state index in [1.54, 1.807) is 54.6 Å². The molecule has 0 unspecified atom stereocenters. The lowest BCUT2D eigenvalue weighted by Crippen LogP contribution is -2.15. The van der Waals surface area contributed by atoms with Crippen molar-refractivity contribution >= 4 is 34.3 Å². The number of nitrogens with one attached hydrogen (secondary N) is 1. The number of carbonyl (C=O) groups is 1. The highest BCUT2D eigenvalue weighted by Gasteiger charge is 2.19. The van der Waals surface area contributed by atoms with E-state index in [0.717, 1.165) is 26.7 Å². The number of aryl methyl sites for hydroxylation is 1. The maximum absolute atomic E-state index is 12.7. The number of anilines is 2. The van der Waals surface area contributed by atoms with Gasteiger partial charge in [-0.1, -0.05) is 42.5 Å². The van der Waals surface area contributed by atoms with Gasteiger partial charge in [0, 0.05) is 47.4 Å². The van der Waals surface area contributed by atoms with Gasteiger partial charge in [-0.2, -0.15) is 0 Å². The van der Waals surface area contributed by atoms with Crippen molar-refractivity contribution in [1.29, 1.82) is 0 Å². The van der Waals surface area contributed by atoms with E-state index in [1.165, 1.54) is 6.07 Å². The molecule has 3 aromatic carbocycles. The summed E-state index contributed by atoms with van der Waals surface area (Å²) in [5.74, 6) is -0.410. The number of amides is 1. The highest BCUT2D eigenvalue weighted by Crippen LogP contribution is 2.34. The molecule has 166 valence electrons. The minimum Gasteiger partial charge on any atom is -0.372 e. The molecule has 0 radical (unpaired) electrons. The number of nitro benzene ring substituents is 1. The highest BCUT2D eigenvalue weighted by molar-refractivity contribution is 7.15. The van der Waals surface area contributed by atoms with E-state index in [4.69, 9.17) is 4.98 Å². The fraction of sp³-hybridized carbons (Fsp3) is 0.120. The number of nitrogens with zero attached hydrogens (tertiary/aromatic N) is 3. The molecule has 0 spiro atoms. The summed E-state index contributed by atoms with van der Waals surface area (Å²) < 4.78 is 0. The van der Waals surface area contributed by atoms with Crippen LogP contribution in [-0.4, -0.2) is 29.9 Å². The van der Waals surface area contributed by atoms with E-state index in [0.29, 0.717) is 11.4 Å². The number of carbonyl (C=O) groups excluding carboxylic acids is 1. The van der Waals surface area contributed by atoms with Crippen molar-refractivity contribution in [3.05, 3.63) is 93.4 Å². The molecule has 4 rings (SSSR count). The average Bonchev–Trinajstić information content (AvgIpc) is 3.21. The lowest BCUT2D eigenvalue weighted by molar-refractivity contribution is -0.384. The Bertz CT molecular complexity index is 1320. The zero-order valence-corrected chi connectivity index (χ0v) is 19.2. The summed E-state index contributed by atoms with van der Waals surface area (Å²) in [5.41, 5.74) is 4.08. The molecule has 33 heavy (non-hydrogen) atoms. The fourth-order valence-corrected chi connectivity index (χ4v) is 4.41. The molecule has 0 aliphatic carbocycles. The fourth-order valence-electron chi connectivity index (χ4n) is 3.47. The van der Waals surface area contributed by atoms with Crippen LogP contribution in [0.25, 0.3) is 21.8 Å².